The minimum absolute atomic E-state index is 0.0484. The van der Waals surface area contributed by atoms with Gasteiger partial charge in [0.15, 0.2) is 5.16 Å². The minimum atomic E-state index is -0.0484. The summed E-state index contributed by atoms with van der Waals surface area (Å²) in [6.45, 7) is 10.0. The Morgan fingerprint density at radius 3 is 2.27 bits per heavy atom. The number of thioether (sulfide) groups is 1. The zero-order valence-electron chi connectivity index (χ0n) is 13.7. The molecule has 1 aromatic carbocycles. The molecule has 1 heterocycles. The molecule has 0 radical (unpaired) electrons. The van der Waals surface area contributed by atoms with E-state index in [9.17, 15) is 4.79 Å². The molecule has 0 unspecified atom stereocenters. The summed E-state index contributed by atoms with van der Waals surface area (Å²) in [7, 11) is 0. The molecule has 0 saturated carbocycles. The van der Waals surface area contributed by atoms with E-state index in [2.05, 4.69) is 22.2 Å². The van der Waals surface area contributed by atoms with Gasteiger partial charge in [-0.15, -0.1) is 0 Å². The van der Waals surface area contributed by atoms with Gasteiger partial charge < -0.3 is 5.32 Å². The first-order valence-electron chi connectivity index (χ1n) is 7.18. The lowest BCUT2D eigenvalue weighted by Crippen LogP contribution is -2.14. The molecule has 0 atom stereocenters. The molecule has 0 aliphatic heterocycles. The van der Waals surface area contributed by atoms with Crippen molar-refractivity contribution in [2.24, 2.45) is 0 Å². The minimum Gasteiger partial charge on any atom is -0.325 e. The van der Waals surface area contributed by atoms with E-state index in [0.717, 1.165) is 22.6 Å². The van der Waals surface area contributed by atoms with E-state index < -0.39 is 0 Å². The molecule has 1 N–H and O–H groups in total. The summed E-state index contributed by atoms with van der Waals surface area (Å²) in [5, 5.41) is 3.55. The number of aryl methyl sites for hydroxylation is 4. The molecular formula is C17H21N3OS. The predicted molar refractivity (Wildman–Crippen MR) is 91.5 cm³/mol. The first-order chi connectivity index (χ1) is 10.4. The van der Waals surface area contributed by atoms with Crippen LogP contribution in [0.5, 0.6) is 0 Å². The molecule has 1 amide bonds. The van der Waals surface area contributed by atoms with Crippen LogP contribution in [0.4, 0.5) is 5.69 Å². The molecule has 0 fully saturated rings. The Balaban J connectivity index is 1.96. The van der Waals surface area contributed by atoms with Crippen LogP contribution in [0.15, 0.2) is 23.4 Å². The van der Waals surface area contributed by atoms with Crippen LogP contribution in [0.2, 0.25) is 0 Å². The van der Waals surface area contributed by atoms with Crippen LogP contribution in [0.1, 0.15) is 28.1 Å². The van der Waals surface area contributed by atoms with Crippen LogP contribution in [0.25, 0.3) is 0 Å². The third-order valence-corrected chi connectivity index (χ3v) is 4.58. The first kappa shape index (κ1) is 16.5. The number of hydrogen-bond donors (Lipinski definition) is 1. The van der Waals surface area contributed by atoms with Crippen LogP contribution >= 0.6 is 11.8 Å². The van der Waals surface area contributed by atoms with Crippen LogP contribution < -0.4 is 5.32 Å². The number of hydrogen-bond acceptors (Lipinski definition) is 4. The van der Waals surface area contributed by atoms with Gasteiger partial charge in [-0.3, -0.25) is 4.79 Å². The van der Waals surface area contributed by atoms with Crippen molar-refractivity contribution < 1.29 is 4.79 Å². The lowest BCUT2D eigenvalue weighted by Gasteiger charge is -2.08. The Bertz CT molecular complexity index is 690. The van der Waals surface area contributed by atoms with Gasteiger partial charge in [0.25, 0.3) is 0 Å². The van der Waals surface area contributed by atoms with E-state index >= 15 is 0 Å². The van der Waals surface area contributed by atoms with E-state index in [1.165, 1.54) is 22.9 Å². The van der Waals surface area contributed by atoms with Gasteiger partial charge in [-0.25, -0.2) is 9.97 Å². The Labute approximate surface area is 135 Å². The summed E-state index contributed by atoms with van der Waals surface area (Å²) in [5.74, 6) is 0.252. The molecule has 2 rings (SSSR count). The lowest BCUT2D eigenvalue weighted by atomic mass is 10.1. The zero-order valence-corrected chi connectivity index (χ0v) is 14.5. The molecule has 0 aliphatic rings. The second-order valence-corrected chi connectivity index (χ2v) is 6.38. The second-order valence-electron chi connectivity index (χ2n) is 5.44. The van der Waals surface area contributed by atoms with Gasteiger partial charge >= 0.3 is 0 Å². The van der Waals surface area contributed by atoms with Gasteiger partial charge in [0.05, 0.1) is 5.75 Å². The quantitative estimate of drug-likeness (QED) is 0.689. The van der Waals surface area contributed by atoms with Crippen LogP contribution in [0, 0.1) is 34.6 Å². The van der Waals surface area contributed by atoms with Crippen molar-refractivity contribution in [3.8, 4) is 0 Å². The number of nitrogens with zero attached hydrogens (tertiary/aromatic N) is 2. The van der Waals surface area contributed by atoms with Crippen molar-refractivity contribution in [1.82, 2.24) is 9.97 Å². The summed E-state index contributed by atoms with van der Waals surface area (Å²) in [6, 6.07) is 5.91. The average molecular weight is 315 g/mol. The Morgan fingerprint density at radius 2 is 1.68 bits per heavy atom. The maximum atomic E-state index is 12.0. The zero-order chi connectivity index (χ0) is 16.3. The maximum absolute atomic E-state index is 12.0. The van der Waals surface area contributed by atoms with E-state index in [0.29, 0.717) is 10.9 Å². The van der Waals surface area contributed by atoms with E-state index in [1.54, 1.807) is 0 Å². The standard InChI is InChI=1S/C17H21N3OS/c1-10-6-7-15(8-11(10)2)20-16(21)9-22-17-18-13(4)12(3)14(5)19-17/h6-8H,9H2,1-5H3,(H,20,21). The fourth-order valence-electron chi connectivity index (χ4n) is 1.95. The molecule has 4 nitrogen and oxygen atoms in total. The number of nitrogens with one attached hydrogen (secondary N) is 1. The van der Waals surface area contributed by atoms with Gasteiger partial charge in [-0.1, -0.05) is 17.8 Å². The largest absolute Gasteiger partial charge is 0.325 e. The fraction of sp³-hybridized carbons (Fsp3) is 0.353. The predicted octanol–water partition coefficient (Wildman–Crippen LogP) is 3.75. The van der Waals surface area contributed by atoms with Crippen LogP contribution in [-0.2, 0) is 4.79 Å². The highest BCUT2D eigenvalue weighted by Gasteiger charge is 2.09. The topological polar surface area (TPSA) is 54.9 Å². The monoisotopic (exact) mass is 315 g/mol. The summed E-state index contributed by atoms with van der Waals surface area (Å²) in [5.41, 5.74) is 6.23. The van der Waals surface area contributed by atoms with Gasteiger partial charge in [-0.05, 0) is 63.4 Å². The third-order valence-electron chi connectivity index (χ3n) is 3.74. The smallest absolute Gasteiger partial charge is 0.234 e. The van der Waals surface area contributed by atoms with Crippen molar-refractivity contribution in [3.05, 3.63) is 46.3 Å². The number of anilines is 1. The van der Waals surface area contributed by atoms with Crippen molar-refractivity contribution in [2.45, 2.75) is 39.8 Å². The SMILES string of the molecule is Cc1ccc(NC(=O)CSc2nc(C)c(C)c(C)n2)cc1C. The van der Waals surface area contributed by atoms with Crippen molar-refractivity contribution in [2.75, 3.05) is 11.1 Å². The number of aromatic nitrogens is 2. The molecule has 1 aromatic heterocycles. The summed E-state index contributed by atoms with van der Waals surface area (Å²) in [6.07, 6.45) is 0. The van der Waals surface area contributed by atoms with Gasteiger partial charge in [0.1, 0.15) is 0 Å². The van der Waals surface area contributed by atoms with Crippen LogP contribution in [0.3, 0.4) is 0 Å². The third kappa shape index (κ3) is 4.07. The molecule has 0 aliphatic carbocycles. The van der Waals surface area contributed by atoms with E-state index in [4.69, 9.17) is 0 Å². The second kappa shape index (κ2) is 6.92. The van der Waals surface area contributed by atoms with E-state index in [-0.39, 0.29) is 5.91 Å². The number of carbonyl (C=O) groups is 1. The molecule has 116 valence electrons. The molecule has 0 spiro atoms. The molecule has 0 saturated heterocycles. The fourth-order valence-corrected chi connectivity index (χ4v) is 2.69. The van der Waals surface area contributed by atoms with Crippen LogP contribution in [-0.4, -0.2) is 21.6 Å². The van der Waals surface area contributed by atoms with E-state index in [1.807, 2.05) is 45.9 Å². The highest BCUT2D eigenvalue weighted by atomic mass is 32.2. The Morgan fingerprint density at radius 1 is 1.05 bits per heavy atom. The highest BCUT2D eigenvalue weighted by Crippen LogP contribution is 2.18. The molecular weight excluding hydrogens is 294 g/mol. The van der Waals surface area contributed by atoms with Gasteiger partial charge in [0.2, 0.25) is 5.91 Å². The summed E-state index contributed by atoms with van der Waals surface area (Å²) in [4.78, 5) is 20.9. The number of benzene rings is 1. The van der Waals surface area contributed by atoms with Crippen molar-refractivity contribution in [1.29, 1.82) is 0 Å². The van der Waals surface area contributed by atoms with Gasteiger partial charge in [0, 0.05) is 17.1 Å². The maximum Gasteiger partial charge on any atom is 0.234 e. The van der Waals surface area contributed by atoms with Crippen molar-refractivity contribution >= 4 is 23.4 Å². The molecule has 2 aromatic rings. The summed E-state index contributed by atoms with van der Waals surface area (Å²) >= 11 is 1.36. The molecule has 5 heteroatoms. The van der Waals surface area contributed by atoms with Crippen molar-refractivity contribution in [3.63, 3.8) is 0 Å². The average Bonchev–Trinajstić information content (AvgIpc) is 2.46. The number of carbonyl (C=O) groups excluding carboxylic acids is 1. The molecule has 22 heavy (non-hydrogen) atoms. The lowest BCUT2D eigenvalue weighted by molar-refractivity contribution is -0.113. The number of amides is 1. The Hall–Kier alpha value is -1.88. The first-order valence-corrected chi connectivity index (χ1v) is 8.17. The van der Waals surface area contributed by atoms with Gasteiger partial charge in [-0.2, -0.15) is 0 Å². The summed E-state index contributed by atoms with van der Waals surface area (Å²) < 4.78 is 0. The number of rotatable bonds is 4. The normalized spacial score (nSPS) is 10.6. The Kier molecular flexibility index (Phi) is 5.19. The highest BCUT2D eigenvalue weighted by molar-refractivity contribution is 7.99. The molecule has 0 bridgehead atoms.